The topological polar surface area (TPSA) is 32.7 Å². The molecule has 18 heavy (non-hydrogen) atoms. The smallest absolute Gasteiger partial charge is 0.138 e. The molecule has 1 N–H and O–H groups in total. The molecule has 1 heterocycles. The van der Waals surface area contributed by atoms with E-state index in [4.69, 9.17) is 16.3 Å². The molecule has 0 radical (unpaired) electrons. The van der Waals surface area contributed by atoms with E-state index in [1.807, 2.05) is 18.2 Å². The van der Waals surface area contributed by atoms with Crippen LogP contribution in [-0.2, 0) is 6.42 Å². The van der Waals surface area contributed by atoms with Gasteiger partial charge in [0, 0.05) is 13.1 Å². The molecule has 100 valence electrons. The van der Waals surface area contributed by atoms with Crippen LogP contribution in [0.3, 0.4) is 0 Å². The van der Waals surface area contributed by atoms with Crippen LogP contribution in [0.25, 0.3) is 0 Å². The van der Waals surface area contributed by atoms with Gasteiger partial charge in [-0.2, -0.15) is 0 Å². The monoisotopic (exact) mass is 269 g/mol. The summed E-state index contributed by atoms with van der Waals surface area (Å²) in [7, 11) is 2.09. The van der Waals surface area contributed by atoms with E-state index in [9.17, 15) is 5.11 Å². The normalized spacial score (nSPS) is 22.1. The van der Waals surface area contributed by atoms with Crippen molar-refractivity contribution in [1.29, 1.82) is 0 Å². The molecule has 0 bridgehead atoms. The zero-order valence-electron chi connectivity index (χ0n) is 10.9. The Kier molecular flexibility index (Phi) is 4.49. The lowest BCUT2D eigenvalue weighted by Crippen LogP contribution is -2.21. The van der Waals surface area contributed by atoms with E-state index in [1.165, 1.54) is 0 Å². The second-order valence-corrected chi connectivity index (χ2v) is 5.52. The molecular formula is C14H20ClNO2. The Balaban J connectivity index is 2.01. The number of aliphatic hydroxyl groups is 1. The van der Waals surface area contributed by atoms with Crippen LogP contribution >= 0.6 is 11.6 Å². The van der Waals surface area contributed by atoms with Crippen molar-refractivity contribution in [3.05, 3.63) is 28.8 Å². The average Bonchev–Trinajstić information content (AvgIpc) is 2.67. The first-order valence-corrected chi connectivity index (χ1v) is 6.74. The van der Waals surface area contributed by atoms with E-state index in [1.54, 1.807) is 6.92 Å². The molecule has 4 heteroatoms. The molecule has 1 aliphatic heterocycles. The summed E-state index contributed by atoms with van der Waals surface area (Å²) in [5.74, 6) is 0.742. The van der Waals surface area contributed by atoms with E-state index in [0.29, 0.717) is 11.4 Å². The number of hydrogen-bond donors (Lipinski definition) is 1. The number of likely N-dealkylation sites (N-methyl/N-ethyl adjacent to an activating group) is 1. The van der Waals surface area contributed by atoms with Gasteiger partial charge in [0.1, 0.15) is 11.9 Å². The van der Waals surface area contributed by atoms with Crippen LogP contribution in [-0.4, -0.2) is 42.4 Å². The molecule has 1 aromatic carbocycles. The first-order chi connectivity index (χ1) is 8.54. The molecule has 1 fully saturated rings. The van der Waals surface area contributed by atoms with Gasteiger partial charge in [0.15, 0.2) is 0 Å². The molecular weight excluding hydrogens is 250 g/mol. The zero-order chi connectivity index (χ0) is 13.1. The highest BCUT2D eigenvalue weighted by Gasteiger charge is 2.21. The molecule has 0 aromatic heterocycles. The van der Waals surface area contributed by atoms with Crippen LogP contribution in [0.2, 0.25) is 5.02 Å². The van der Waals surface area contributed by atoms with Gasteiger partial charge in [-0.3, -0.25) is 0 Å². The third-order valence-electron chi connectivity index (χ3n) is 3.17. The molecule has 3 nitrogen and oxygen atoms in total. The SMILES string of the molecule is CC(O)Cc1ccc(OC2CCN(C)C2)c(Cl)c1. The van der Waals surface area contributed by atoms with Gasteiger partial charge in [0.25, 0.3) is 0 Å². The minimum Gasteiger partial charge on any atom is -0.487 e. The number of rotatable bonds is 4. The Labute approximate surface area is 113 Å². The minimum absolute atomic E-state index is 0.232. The number of halogens is 1. The maximum absolute atomic E-state index is 9.35. The van der Waals surface area contributed by atoms with Gasteiger partial charge in [0.05, 0.1) is 11.1 Å². The summed E-state index contributed by atoms with van der Waals surface area (Å²) in [4.78, 5) is 2.25. The molecule has 1 aliphatic rings. The van der Waals surface area contributed by atoms with Crippen molar-refractivity contribution in [2.75, 3.05) is 20.1 Å². The molecule has 0 spiro atoms. The predicted octanol–water partition coefficient (Wildman–Crippen LogP) is 2.35. The fourth-order valence-electron chi connectivity index (χ4n) is 2.28. The number of hydrogen-bond acceptors (Lipinski definition) is 3. The van der Waals surface area contributed by atoms with Crippen LogP contribution in [0.4, 0.5) is 0 Å². The highest BCUT2D eigenvalue weighted by atomic mass is 35.5. The second kappa shape index (κ2) is 5.91. The summed E-state index contributed by atoms with van der Waals surface area (Å²) < 4.78 is 5.90. The standard InChI is InChI=1S/C14H20ClNO2/c1-10(17)7-11-3-4-14(13(15)8-11)18-12-5-6-16(2)9-12/h3-4,8,10,12,17H,5-7,9H2,1-2H3. The molecule has 2 unspecified atom stereocenters. The zero-order valence-corrected chi connectivity index (χ0v) is 11.7. The third-order valence-corrected chi connectivity index (χ3v) is 3.46. The van der Waals surface area contributed by atoms with E-state index in [-0.39, 0.29) is 12.2 Å². The Morgan fingerprint density at radius 1 is 1.56 bits per heavy atom. The molecule has 0 saturated carbocycles. The van der Waals surface area contributed by atoms with Crippen LogP contribution in [0.5, 0.6) is 5.75 Å². The lowest BCUT2D eigenvalue weighted by molar-refractivity contribution is 0.195. The summed E-state index contributed by atoms with van der Waals surface area (Å²) in [6.45, 7) is 3.79. The number of nitrogens with zero attached hydrogens (tertiary/aromatic N) is 1. The summed E-state index contributed by atoms with van der Waals surface area (Å²) in [5, 5.41) is 9.97. The van der Waals surface area contributed by atoms with Crippen LogP contribution in [0.15, 0.2) is 18.2 Å². The molecule has 2 atom stereocenters. The van der Waals surface area contributed by atoms with E-state index < -0.39 is 0 Å². The fraction of sp³-hybridized carbons (Fsp3) is 0.571. The Morgan fingerprint density at radius 2 is 2.33 bits per heavy atom. The summed E-state index contributed by atoms with van der Waals surface area (Å²) in [6.07, 6.45) is 1.54. The number of aliphatic hydroxyl groups excluding tert-OH is 1. The lowest BCUT2D eigenvalue weighted by atomic mass is 10.1. The van der Waals surface area contributed by atoms with Gasteiger partial charge in [0.2, 0.25) is 0 Å². The van der Waals surface area contributed by atoms with Crippen molar-refractivity contribution >= 4 is 11.6 Å². The van der Waals surface area contributed by atoms with Gasteiger partial charge >= 0.3 is 0 Å². The number of likely N-dealkylation sites (tertiary alicyclic amines) is 1. The van der Waals surface area contributed by atoms with Crippen LogP contribution < -0.4 is 4.74 Å². The Hall–Kier alpha value is -0.770. The van der Waals surface area contributed by atoms with E-state index in [2.05, 4.69) is 11.9 Å². The molecule has 1 saturated heterocycles. The van der Waals surface area contributed by atoms with Gasteiger partial charge in [-0.05, 0) is 44.5 Å². The maximum atomic E-state index is 9.35. The first-order valence-electron chi connectivity index (χ1n) is 6.36. The summed E-state index contributed by atoms with van der Waals surface area (Å²) in [6, 6.07) is 5.74. The molecule has 2 rings (SSSR count). The predicted molar refractivity (Wildman–Crippen MR) is 73.4 cm³/mol. The fourth-order valence-corrected chi connectivity index (χ4v) is 2.53. The highest BCUT2D eigenvalue weighted by molar-refractivity contribution is 6.32. The second-order valence-electron chi connectivity index (χ2n) is 5.11. The van der Waals surface area contributed by atoms with Crippen LogP contribution in [0.1, 0.15) is 18.9 Å². The average molecular weight is 270 g/mol. The van der Waals surface area contributed by atoms with Gasteiger partial charge < -0.3 is 14.7 Å². The Morgan fingerprint density at radius 3 is 2.89 bits per heavy atom. The number of benzene rings is 1. The van der Waals surface area contributed by atoms with Crippen molar-refractivity contribution in [1.82, 2.24) is 4.90 Å². The minimum atomic E-state index is -0.351. The number of ether oxygens (including phenoxy) is 1. The van der Waals surface area contributed by atoms with Gasteiger partial charge in [-0.15, -0.1) is 0 Å². The maximum Gasteiger partial charge on any atom is 0.138 e. The lowest BCUT2D eigenvalue weighted by Gasteiger charge is -2.15. The van der Waals surface area contributed by atoms with E-state index >= 15 is 0 Å². The van der Waals surface area contributed by atoms with Crippen molar-refractivity contribution in [2.45, 2.75) is 32.0 Å². The first kappa shape index (κ1) is 13.7. The van der Waals surface area contributed by atoms with Crippen LogP contribution in [0, 0.1) is 0 Å². The van der Waals surface area contributed by atoms with Crippen molar-refractivity contribution in [2.24, 2.45) is 0 Å². The summed E-state index contributed by atoms with van der Waals surface area (Å²) >= 11 is 6.21. The van der Waals surface area contributed by atoms with Gasteiger partial charge in [-0.1, -0.05) is 17.7 Å². The van der Waals surface area contributed by atoms with Gasteiger partial charge in [-0.25, -0.2) is 0 Å². The third kappa shape index (κ3) is 3.61. The largest absolute Gasteiger partial charge is 0.487 e. The molecule has 0 amide bonds. The quantitative estimate of drug-likeness (QED) is 0.911. The summed E-state index contributed by atoms with van der Waals surface area (Å²) in [5.41, 5.74) is 1.03. The highest BCUT2D eigenvalue weighted by Crippen LogP contribution is 2.28. The van der Waals surface area contributed by atoms with E-state index in [0.717, 1.165) is 30.8 Å². The molecule has 1 aromatic rings. The molecule has 0 aliphatic carbocycles. The van der Waals surface area contributed by atoms with Crippen molar-refractivity contribution < 1.29 is 9.84 Å². The van der Waals surface area contributed by atoms with Crippen molar-refractivity contribution in [3.63, 3.8) is 0 Å². The Bertz CT molecular complexity index is 409. The van der Waals surface area contributed by atoms with Crippen molar-refractivity contribution in [3.8, 4) is 5.75 Å².